The van der Waals surface area contributed by atoms with Gasteiger partial charge in [0.05, 0.1) is 6.42 Å². The zero-order chi connectivity index (χ0) is 14.4. The van der Waals surface area contributed by atoms with Crippen molar-refractivity contribution in [1.82, 2.24) is 5.32 Å². The summed E-state index contributed by atoms with van der Waals surface area (Å²) < 4.78 is 0. The average molecular weight is 303 g/mol. The van der Waals surface area contributed by atoms with E-state index in [9.17, 15) is 4.79 Å². The van der Waals surface area contributed by atoms with Gasteiger partial charge in [0.25, 0.3) is 0 Å². The summed E-state index contributed by atoms with van der Waals surface area (Å²) in [6, 6.07) is 5.15. The van der Waals surface area contributed by atoms with Gasteiger partial charge in [-0.25, -0.2) is 0 Å². The Bertz CT molecular complexity index is 435. The topological polar surface area (TPSA) is 55.1 Å². The Balaban J connectivity index is 2.59. The third-order valence-electron chi connectivity index (χ3n) is 2.77. The van der Waals surface area contributed by atoms with Gasteiger partial charge in [-0.15, -0.1) is 0 Å². The van der Waals surface area contributed by atoms with Crippen molar-refractivity contribution in [3.8, 4) is 0 Å². The van der Waals surface area contributed by atoms with Crippen molar-refractivity contribution < 1.29 is 4.79 Å². The highest BCUT2D eigenvalue weighted by Crippen LogP contribution is 2.21. The number of nitrogens with two attached hydrogens (primary N) is 1. The van der Waals surface area contributed by atoms with Crippen molar-refractivity contribution in [3.63, 3.8) is 0 Å². The molecule has 1 atom stereocenters. The van der Waals surface area contributed by atoms with Crippen molar-refractivity contribution in [1.29, 1.82) is 0 Å². The molecule has 0 aliphatic heterocycles. The Morgan fingerprint density at radius 1 is 1.37 bits per heavy atom. The van der Waals surface area contributed by atoms with E-state index in [-0.39, 0.29) is 18.4 Å². The fraction of sp³-hybridized carbons (Fsp3) is 0.500. The number of rotatable bonds is 6. The minimum absolute atomic E-state index is 0.0126. The van der Waals surface area contributed by atoms with Gasteiger partial charge < -0.3 is 11.1 Å². The van der Waals surface area contributed by atoms with Crippen LogP contribution in [0.15, 0.2) is 18.2 Å². The lowest BCUT2D eigenvalue weighted by atomic mass is 10.0. The third kappa shape index (κ3) is 5.81. The van der Waals surface area contributed by atoms with Crippen molar-refractivity contribution in [2.75, 3.05) is 6.54 Å². The van der Waals surface area contributed by atoms with Crippen LogP contribution in [0, 0.1) is 5.92 Å². The van der Waals surface area contributed by atoms with E-state index in [0.717, 1.165) is 12.0 Å². The van der Waals surface area contributed by atoms with Crippen LogP contribution in [0.4, 0.5) is 0 Å². The minimum atomic E-state index is -0.0691. The summed E-state index contributed by atoms with van der Waals surface area (Å²) in [5.41, 5.74) is 6.42. The number of hydrogen-bond donors (Lipinski definition) is 2. The molecule has 0 saturated carbocycles. The van der Waals surface area contributed by atoms with Gasteiger partial charge in [-0.05, 0) is 30.0 Å². The molecule has 1 aromatic carbocycles. The Hall–Kier alpha value is -0.770. The first-order chi connectivity index (χ1) is 8.92. The second-order valence-electron chi connectivity index (χ2n) is 5.04. The summed E-state index contributed by atoms with van der Waals surface area (Å²) in [6.07, 6.45) is 1.11. The number of carbonyl (C=O) groups excluding carboxylic acids is 1. The predicted molar refractivity (Wildman–Crippen MR) is 80.6 cm³/mol. The fourth-order valence-electron chi connectivity index (χ4n) is 1.90. The second kappa shape index (κ2) is 7.73. The molecule has 0 bridgehead atoms. The molecular weight excluding hydrogens is 283 g/mol. The molecule has 0 aliphatic rings. The summed E-state index contributed by atoms with van der Waals surface area (Å²) in [6.45, 7) is 4.65. The van der Waals surface area contributed by atoms with Gasteiger partial charge in [0.2, 0.25) is 5.91 Å². The fourth-order valence-corrected chi connectivity index (χ4v) is 2.38. The van der Waals surface area contributed by atoms with E-state index in [0.29, 0.717) is 22.5 Å². The summed E-state index contributed by atoms with van der Waals surface area (Å²) >= 11 is 11.9. The maximum atomic E-state index is 11.9. The summed E-state index contributed by atoms with van der Waals surface area (Å²) in [7, 11) is 0. The number of benzene rings is 1. The van der Waals surface area contributed by atoms with E-state index in [1.807, 2.05) is 0 Å². The molecule has 3 nitrogen and oxygen atoms in total. The van der Waals surface area contributed by atoms with Gasteiger partial charge in [0.1, 0.15) is 0 Å². The lowest BCUT2D eigenvalue weighted by Crippen LogP contribution is -2.41. The Morgan fingerprint density at radius 3 is 2.58 bits per heavy atom. The van der Waals surface area contributed by atoms with Crippen LogP contribution in [-0.4, -0.2) is 18.5 Å². The van der Waals surface area contributed by atoms with Gasteiger partial charge in [-0.2, -0.15) is 0 Å². The molecule has 0 spiro atoms. The smallest absolute Gasteiger partial charge is 0.224 e. The largest absolute Gasteiger partial charge is 0.352 e. The summed E-state index contributed by atoms with van der Waals surface area (Å²) in [4.78, 5) is 11.9. The van der Waals surface area contributed by atoms with Crippen LogP contribution in [0.25, 0.3) is 0 Å². The van der Waals surface area contributed by atoms with Crippen molar-refractivity contribution in [3.05, 3.63) is 33.8 Å². The molecular formula is C14H20Cl2N2O. The second-order valence-corrected chi connectivity index (χ2v) is 5.89. The molecule has 0 radical (unpaired) electrons. The standard InChI is InChI=1S/C14H20Cl2N2O/c1-9(2)5-12(8-17)18-14(19)6-10-3-4-11(15)7-13(10)16/h3-4,7,9,12H,5-6,8,17H2,1-2H3,(H,18,19). The molecule has 3 N–H and O–H groups in total. The van der Waals surface area contributed by atoms with Crippen LogP contribution in [0.5, 0.6) is 0 Å². The van der Waals surface area contributed by atoms with E-state index in [1.54, 1.807) is 18.2 Å². The summed E-state index contributed by atoms with van der Waals surface area (Å²) in [5.74, 6) is 0.424. The zero-order valence-electron chi connectivity index (χ0n) is 11.2. The first kappa shape index (κ1) is 16.3. The van der Waals surface area contributed by atoms with Gasteiger partial charge in [-0.1, -0.05) is 43.1 Å². The lowest BCUT2D eigenvalue weighted by Gasteiger charge is -2.19. The van der Waals surface area contributed by atoms with Crippen molar-refractivity contribution >= 4 is 29.1 Å². The number of amides is 1. The van der Waals surface area contributed by atoms with Crippen LogP contribution < -0.4 is 11.1 Å². The van der Waals surface area contributed by atoms with Crippen molar-refractivity contribution in [2.45, 2.75) is 32.7 Å². The first-order valence-electron chi connectivity index (χ1n) is 6.35. The van der Waals surface area contributed by atoms with Gasteiger partial charge in [0.15, 0.2) is 0 Å². The van der Waals surface area contributed by atoms with E-state index in [1.165, 1.54) is 0 Å². The number of hydrogen-bond acceptors (Lipinski definition) is 2. The maximum Gasteiger partial charge on any atom is 0.224 e. The van der Waals surface area contributed by atoms with E-state index in [4.69, 9.17) is 28.9 Å². The van der Waals surface area contributed by atoms with Crippen molar-refractivity contribution in [2.24, 2.45) is 11.7 Å². The number of carbonyl (C=O) groups is 1. The van der Waals surface area contributed by atoms with E-state index >= 15 is 0 Å². The molecule has 0 fully saturated rings. The van der Waals surface area contributed by atoms with E-state index in [2.05, 4.69) is 19.2 Å². The van der Waals surface area contributed by atoms with Crippen LogP contribution >= 0.6 is 23.2 Å². The molecule has 19 heavy (non-hydrogen) atoms. The molecule has 0 heterocycles. The average Bonchev–Trinajstić information content (AvgIpc) is 2.31. The molecule has 5 heteroatoms. The zero-order valence-corrected chi connectivity index (χ0v) is 12.8. The van der Waals surface area contributed by atoms with Gasteiger partial charge >= 0.3 is 0 Å². The Kier molecular flexibility index (Phi) is 6.63. The highest BCUT2D eigenvalue weighted by Gasteiger charge is 2.14. The van der Waals surface area contributed by atoms with Gasteiger partial charge in [-0.3, -0.25) is 4.79 Å². The molecule has 0 saturated heterocycles. The van der Waals surface area contributed by atoms with E-state index < -0.39 is 0 Å². The van der Waals surface area contributed by atoms with Crippen LogP contribution in [-0.2, 0) is 11.2 Å². The normalized spacial score (nSPS) is 12.5. The van der Waals surface area contributed by atoms with Gasteiger partial charge in [0, 0.05) is 22.6 Å². The van der Waals surface area contributed by atoms with Crippen LogP contribution in [0.1, 0.15) is 25.8 Å². The van der Waals surface area contributed by atoms with Crippen LogP contribution in [0.3, 0.4) is 0 Å². The molecule has 1 amide bonds. The highest BCUT2D eigenvalue weighted by atomic mass is 35.5. The molecule has 0 aliphatic carbocycles. The SMILES string of the molecule is CC(C)CC(CN)NC(=O)Cc1ccc(Cl)cc1Cl. The molecule has 1 aromatic rings. The number of nitrogens with one attached hydrogen (secondary N) is 1. The molecule has 1 unspecified atom stereocenters. The Labute approximate surface area is 124 Å². The number of halogens is 2. The monoisotopic (exact) mass is 302 g/mol. The van der Waals surface area contributed by atoms with Crippen LogP contribution in [0.2, 0.25) is 10.0 Å². The quantitative estimate of drug-likeness (QED) is 0.848. The maximum absolute atomic E-state index is 11.9. The molecule has 0 aromatic heterocycles. The molecule has 1 rings (SSSR count). The molecule has 106 valence electrons. The predicted octanol–water partition coefficient (Wildman–Crippen LogP) is 3.03. The highest BCUT2D eigenvalue weighted by molar-refractivity contribution is 6.35. The third-order valence-corrected chi connectivity index (χ3v) is 3.36. The Morgan fingerprint density at radius 2 is 2.05 bits per heavy atom. The summed E-state index contributed by atoms with van der Waals surface area (Å²) in [5, 5.41) is 4.01. The first-order valence-corrected chi connectivity index (χ1v) is 7.11. The minimum Gasteiger partial charge on any atom is -0.352 e. The lowest BCUT2D eigenvalue weighted by molar-refractivity contribution is -0.121.